The Morgan fingerprint density at radius 2 is 1.87 bits per heavy atom. The molecule has 0 fully saturated rings. The molecule has 0 unspecified atom stereocenters. The largest absolute Gasteiger partial charge is 0.486 e. The maximum Gasteiger partial charge on any atom is 0.331 e. The van der Waals surface area contributed by atoms with Crippen LogP contribution in [0.2, 0.25) is 5.02 Å². The van der Waals surface area contributed by atoms with Crippen LogP contribution in [0.25, 0.3) is 23.0 Å². The van der Waals surface area contributed by atoms with Crippen LogP contribution in [0.1, 0.15) is 12.5 Å². The summed E-state index contributed by atoms with van der Waals surface area (Å²) in [6.07, 6.45) is 5.04. The highest BCUT2D eigenvalue weighted by Gasteiger charge is 2.19. The summed E-state index contributed by atoms with van der Waals surface area (Å²) in [7, 11) is 0. The number of nitrogens with one attached hydrogen (secondary N) is 1. The average Bonchev–Trinajstić information content (AvgIpc) is 3.37. The van der Waals surface area contributed by atoms with Crippen molar-refractivity contribution in [2.45, 2.75) is 13.0 Å². The molecule has 1 atom stereocenters. The number of fused-ring (bicyclic) bond motifs is 1. The van der Waals surface area contributed by atoms with E-state index < -0.39 is 18.0 Å². The first-order valence-electron chi connectivity index (χ1n) is 11.8. The van der Waals surface area contributed by atoms with Gasteiger partial charge in [-0.3, -0.25) is 4.79 Å². The predicted molar refractivity (Wildman–Crippen MR) is 142 cm³/mol. The summed E-state index contributed by atoms with van der Waals surface area (Å²) >= 11 is 5.81. The molecule has 192 valence electrons. The van der Waals surface area contributed by atoms with Crippen LogP contribution in [0.15, 0.2) is 79.1 Å². The number of benzene rings is 2. The molecule has 3 heterocycles. The zero-order chi connectivity index (χ0) is 26.5. The van der Waals surface area contributed by atoms with Gasteiger partial charge in [-0.25, -0.2) is 14.5 Å². The van der Waals surface area contributed by atoms with Crippen molar-refractivity contribution in [3.63, 3.8) is 0 Å². The van der Waals surface area contributed by atoms with E-state index in [0.717, 1.165) is 11.3 Å². The van der Waals surface area contributed by atoms with Gasteiger partial charge >= 0.3 is 5.97 Å². The Labute approximate surface area is 223 Å². The van der Waals surface area contributed by atoms with E-state index in [9.17, 15) is 9.59 Å². The van der Waals surface area contributed by atoms with Crippen LogP contribution in [0, 0.1) is 0 Å². The molecular formula is C28H23ClN4O5. The minimum atomic E-state index is -1.05. The number of nitrogens with zero attached hydrogens (tertiary/aromatic N) is 3. The number of esters is 1. The summed E-state index contributed by atoms with van der Waals surface area (Å²) in [4.78, 5) is 29.0. The molecule has 38 heavy (non-hydrogen) atoms. The zero-order valence-electron chi connectivity index (χ0n) is 20.3. The van der Waals surface area contributed by atoms with E-state index in [4.69, 9.17) is 30.9 Å². The molecule has 5 rings (SSSR count). The van der Waals surface area contributed by atoms with Gasteiger partial charge in [0, 0.05) is 29.6 Å². The highest BCUT2D eigenvalue weighted by atomic mass is 35.5. The number of amides is 1. The maximum absolute atomic E-state index is 12.6. The third-order valence-electron chi connectivity index (χ3n) is 5.62. The SMILES string of the molecule is C[C@H](OC(=O)/C=C/c1cn(-c2ccccc2)nc1-c1ccc2c(c1)OCCO2)C(=O)Nc1ccc(Cl)cn1. The van der Waals surface area contributed by atoms with Crippen LogP contribution in [-0.4, -0.2) is 46.0 Å². The number of carbonyl (C=O) groups excluding carboxylic acids is 2. The van der Waals surface area contributed by atoms with Crippen molar-refractivity contribution in [1.29, 1.82) is 0 Å². The summed E-state index contributed by atoms with van der Waals surface area (Å²) < 4.78 is 18.4. The molecular weight excluding hydrogens is 508 g/mol. The molecule has 9 nitrogen and oxygen atoms in total. The second-order valence-electron chi connectivity index (χ2n) is 8.33. The number of halogens is 1. The van der Waals surface area contributed by atoms with Crippen molar-refractivity contribution in [2.75, 3.05) is 18.5 Å². The number of hydrogen-bond acceptors (Lipinski definition) is 7. The van der Waals surface area contributed by atoms with Crippen molar-refractivity contribution in [1.82, 2.24) is 14.8 Å². The van der Waals surface area contributed by atoms with E-state index in [2.05, 4.69) is 10.3 Å². The van der Waals surface area contributed by atoms with Crippen LogP contribution in [0.5, 0.6) is 11.5 Å². The highest BCUT2D eigenvalue weighted by Crippen LogP contribution is 2.35. The first-order valence-corrected chi connectivity index (χ1v) is 12.2. The molecule has 2 aromatic heterocycles. The maximum atomic E-state index is 12.6. The van der Waals surface area contributed by atoms with Crippen LogP contribution in [0.4, 0.5) is 5.82 Å². The standard InChI is InChI=1S/C28H23ClN4O5/c1-18(28(35)31-25-11-9-21(29)16-30-25)38-26(34)12-8-20-17-33(22-5-3-2-4-6-22)32-27(20)19-7-10-23-24(15-19)37-14-13-36-23/h2-12,15-18H,13-14H2,1H3,(H,30,31,35)/b12-8+/t18-/m0/s1. The van der Waals surface area contributed by atoms with Gasteiger partial charge in [0.05, 0.1) is 10.7 Å². The fraction of sp³-hybridized carbons (Fsp3) is 0.143. The minimum absolute atomic E-state index is 0.301. The van der Waals surface area contributed by atoms with Gasteiger partial charge < -0.3 is 19.5 Å². The van der Waals surface area contributed by atoms with Gasteiger partial charge in [-0.15, -0.1) is 0 Å². The quantitative estimate of drug-likeness (QED) is 0.266. The van der Waals surface area contributed by atoms with E-state index in [0.29, 0.717) is 46.8 Å². The summed E-state index contributed by atoms with van der Waals surface area (Å²) in [5, 5.41) is 7.78. The van der Waals surface area contributed by atoms with E-state index in [1.807, 2.05) is 54.7 Å². The number of aromatic nitrogens is 3. The molecule has 0 radical (unpaired) electrons. The normalized spacial score (nSPS) is 13.2. The third-order valence-corrected chi connectivity index (χ3v) is 5.84. The van der Waals surface area contributed by atoms with Crippen molar-refractivity contribution >= 4 is 35.4 Å². The molecule has 2 aromatic carbocycles. The molecule has 1 aliphatic rings. The van der Waals surface area contributed by atoms with E-state index >= 15 is 0 Å². The molecule has 0 saturated carbocycles. The molecule has 1 N–H and O–H groups in total. The van der Waals surface area contributed by atoms with Crippen LogP contribution in [-0.2, 0) is 14.3 Å². The molecule has 1 amide bonds. The number of pyridine rings is 1. The van der Waals surface area contributed by atoms with Gasteiger partial charge in [0.2, 0.25) is 0 Å². The number of carbonyl (C=O) groups is 2. The summed E-state index contributed by atoms with van der Waals surface area (Å²) in [6, 6.07) is 18.3. The minimum Gasteiger partial charge on any atom is -0.486 e. The van der Waals surface area contributed by atoms with Crippen molar-refractivity contribution in [3.05, 3.63) is 89.7 Å². The van der Waals surface area contributed by atoms with Gasteiger partial charge in [-0.1, -0.05) is 29.8 Å². The lowest BCUT2D eigenvalue weighted by molar-refractivity contribution is -0.148. The number of rotatable bonds is 7. The Kier molecular flexibility index (Phi) is 7.37. The Morgan fingerprint density at radius 1 is 1.08 bits per heavy atom. The van der Waals surface area contributed by atoms with E-state index in [-0.39, 0.29) is 0 Å². The van der Waals surface area contributed by atoms with E-state index in [1.165, 1.54) is 19.2 Å². The third kappa shape index (κ3) is 5.84. The van der Waals surface area contributed by atoms with E-state index in [1.54, 1.807) is 22.9 Å². The molecule has 1 aliphatic heterocycles. The van der Waals surface area contributed by atoms with Gasteiger partial charge in [0.1, 0.15) is 24.7 Å². The Hall–Kier alpha value is -4.63. The molecule has 0 spiro atoms. The van der Waals surface area contributed by atoms with Gasteiger partial charge in [-0.2, -0.15) is 5.10 Å². The van der Waals surface area contributed by atoms with Crippen molar-refractivity contribution in [3.8, 4) is 28.4 Å². The van der Waals surface area contributed by atoms with Crippen LogP contribution in [0.3, 0.4) is 0 Å². The molecule has 0 saturated heterocycles. The second-order valence-corrected chi connectivity index (χ2v) is 8.77. The fourth-order valence-electron chi connectivity index (χ4n) is 3.74. The zero-order valence-corrected chi connectivity index (χ0v) is 21.1. The van der Waals surface area contributed by atoms with Crippen LogP contribution < -0.4 is 14.8 Å². The Bertz CT molecular complexity index is 1490. The lowest BCUT2D eigenvalue weighted by Gasteiger charge is -2.18. The molecule has 0 bridgehead atoms. The number of para-hydroxylation sites is 1. The molecule has 10 heteroatoms. The number of hydrogen-bond donors (Lipinski definition) is 1. The monoisotopic (exact) mass is 530 g/mol. The van der Waals surface area contributed by atoms with Crippen LogP contribution >= 0.6 is 11.6 Å². The smallest absolute Gasteiger partial charge is 0.331 e. The molecule has 0 aliphatic carbocycles. The predicted octanol–water partition coefficient (Wildman–Crippen LogP) is 4.94. The van der Waals surface area contributed by atoms with Gasteiger partial charge in [-0.05, 0) is 55.5 Å². The fourth-order valence-corrected chi connectivity index (χ4v) is 3.85. The summed E-state index contributed by atoms with van der Waals surface area (Å²) in [5.74, 6) is 0.402. The summed E-state index contributed by atoms with van der Waals surface area (Å²) in [6.45, 7) is 2.44. The summed E-state index contributed by atoms with van der Waals surface area (Å²) in [5.41, 5.74) is 2.95. The molecule has 4 aromatic rings. The first kappa shape index (κ1) is 25.0. The number of anilines is 1. The first-order chi connectivity index (χ1) is 18.5. The lowest BCUT2D eigenvalue weighted by atomic mass is 10.1. The second kappa shape index (κ2) is 11.2. The lowest BCUT2D eigenvalue weighted by Crippen LogP contribution is -2.29. The average molecular weight is 531 g/mol. The number of ether oxygens (including phenoxy) is 3. The Balaban J connectivity index is 1.35. The van der Waals surface area contributed by atoms with Crippen molar-refractivity contribution < 1.29 is 23.8 Å². The Morgan fingerprint density at radius 3 is 2.63 bits per heavy atom. The topological polar surface area (TPSA) is 105 Å². The van der Waals surface area contributed by atoms with Gasteiger partial charge in [0.25, 0.3) is 5.91 Å². The highest BCUT2D eigenvalue weighted by molar-refractivity contribution is 6.30. The van der Waals surface area contributed by atoms with Gasteiger partial charge in [0.15, 0.2) is 17.6 Å². The van der Waals surface area contributed by atoms with Crippen molar-refractivity contribution in [2.24, 2.45) is 0 Å².